The molecule has 108 valence electrons. The Bertz CT molecular complexity index is 745. The van der Waals surface area contributed by atoms with Gasteiger partial charge in [-0.3, -0.25) is 9.82 Å². The third-order valence-corrected chi connectivity index (χ3v) is 4.70. The Labute approximate surface area is 129 Å². The van der Waals surface area contributed by atoms with E-state index < -0.39 is 10.0 Å². The highest BCUT2D eigenvalue weighted by Gasteiger charge is 2.23. The van der Waals surface area contributed by atoms with Crippen LogP contribution < -0.4 is 9.46 Å². The zero-order valence-electron chi connectivity index (χ0n) is 10.6. The van der Waals surface area contributed by atoms with Gasteiger partial charge in [0.2, 0.25) is 0 Å². The summed E-state index contributed by atoms with van der Waals surface area (Å²) in [5.41, 5.74) is 0.675. The van der Waals surface area contributed by atoms with E-state index in [9.17, 15) is 8.42 Å². The number of hydrogen-bond donors (Lipinski definition) is 2. The summed E-state index contributed by atoms with van der Waals surface area (Å²) < 4.78 is 32.8. The van der Waals surface area contributed by atoms with Crippen LogP contribution in [0.4, 0.5) is 5.82 Å². The number of H-pyrrole nitrogens is 1. The van der Waals surface area contributed by atoms with E-state index in [1.54, 1.807) is 13.0 Å². The SMILES string of the molecule is COc1c(Br)cc(Cl)cc1S(=O)(=O)Nc1[nH]ncc1C. The number of nitrogens with zero attached hydrogens (tertiary/aromatic N) is 1. The van der Waals surface area contributed by atoms with Gasteiger partial charge in [0.1, 0.15) is 10.7 Å². The molecule has 0 amide bonds. The molecule has 0 atom stereocenters. The molecule has 0 aliphatic carbocycles. The van der Waals surface area contributed by atoms with Gasteiger partial charge in [-0.05, 0) is 35.0 Å². The number of aromatic nitrogens is 2. The van der Waals surface area contributed by atoms with Crippen molar-refractivity contribution in [2.24, 2.45) is 0 Å². The Hall–Kier alpha value is -1.25. The largest absolute Gasteiger partial charge is 0.494 e. The molecule has 6 nitrogen and oxygen atoms in total. The van der Waals surface area contributed by atoms with E-state index in [-0.39, 0.29) is 15.7 Å². The fraction of sp³-hybridized carbons (Fsp3) is 0.182. The monoisotopic (exact) mass is 379 g/mol. The van der Waals surface area contributed by atoms with Gasteiger partial charge in [0.15, 0.2) is 5.75 Å². The minimum absolute atomic E-state index is 0.0617. The van der Waals surface area contributed by atoms with Crippen LogP contribution >= 0.6 is 27.5 Å². The van der Waals surface area contributed by atoms with E-state index in [1.807, 2.05) is 0 Å². The van der Waals surface area contributed by atoms with E-state index in [4.69, 9.17) is 16.3 Å². The molecule has 0 spiro atoms. The fourth-order valence-electron chi connectivity index (χ4n) is 1.57. The molecule has 20 heavy (non-hydrogen) atoms. The lowest BCUT2D eigenvalue weighted by Crippen LogP contribution is -2.15. The van der Waals surface area contributed by atoms with Crippen LogP contribution in [0.2, 0.25) is 5.02 Å². The van der Waals surface area contributed by atoms with Crippen LogP contribution in [0.1, 0.15) is 5.56 Å². The van der Waals surface area contributed by atoms with Gasteiger partial charge >= 0.3 is 0 Å². The lowest BCUT2D eigenvalue weighted by atomic mass is 10.3. The predicted molar refractivity (Wildman–Crippen MR) is 79.8 cm³/mol. The van der Waals surface area contributed by atoms with Gasteiger partial charge in [0, 0.05) is 10.6 Å². The summed E-state index contributed by atoms with van der Waals surface area (Å²) >= 11 is 9.12. The van der Waals surface area contributed by atoms with Crippen molar-refractivity contribution >= 4 is 43.4 Å². The summed E-state index contributed by atoms with van der Waals surface area (Å²) in [4.78, 5) is -0.0617. The van der Waals surface area contributed by atoms with E-state index in [0.717, 1.165) is 0 Å². The molecule has 1 aromatic carbocycles. The molecule has 0 unspecified atom stereocenters. The maximum Gasteiger partial charge on any atom is 0.266 e. The highest BCUT2D eigenvalue weighted by atomic mass is 79.9. The van der Waals surface area contributed by atoms with Gasteiger partial charge < -0.3 is 4.74 Å². The molecule has 0 aliphatic rings. The molecule has 0 bridgehead atoms. The van der Waals surface area contributed by atoms with Gasteiger partial charge in [0.25, 0.3) is 10.0 Å². The molecule has 2 rings (SSSR count). The smallest absolute Gasteiger partial charge is 0.266 e. The van der Waals surface area contributed by atoms with Gasteiger partial charge in [-0.1, -0.05) is 11.6 Å². The zero-order valence-corrected chi connectivity index (χ0v) is 13.7. The van der Waals surface area contributed by atoms with Crippen LogP contribution in [0, 0.1) is 6.92 Å². The summed E-state index contributed by atoms with van der Waals surface area (Å²) in [6, 6.07) is 2.88. The van der Waals surface area contributed by atoms with E-state index in [0.29, 0.717) is 15.9 Å². The first-order valence-electron chi connectivity index (χ1n) is 5.41. The third kappa shape index (κ3) is 2.92. The van der Waals surface area contributed by atoms with Crippen molar-refractivity contribution in [2.75, 3.05) is 11.8 Å². The first-order chi connectivity index (χ1) is 9.35. The normalized spacial score (nSPS) is 11.4. The van der Waals surface area contributed by atoms with Crippen molar-refractivity contribution in [3.63, 3.8) is 0 Å². The van der Waals surface area contributed by atoms with Crippen molar-refractivity contribution in [1.29, 1.82) is 0 Å². The second-order valence-electron chi connectivity index (χ2n) is 3.95. The van der Waals surface area contributed by atoms with Crippen LogP contribution in [0.5, 0.6) is 5.75 Å². The van der Waals surface area contributed by atoms with Crippen LogP contribution in [-0.2, 0) is 10.0 Å². The summed E-state index contributed by atoms with van der Waals surface area (Å²) in [5.74, 6) is 0.474. The molecule has 0 radical (unpaired) electrons. The topological polar surface area (TPSA) is 84.1 Å². The number of halogens is 2. The highest BCUT2D eigenvalue weighted by Crippen LogP contribution is 2.36. The molecule has 0 saturated heterocycles. The average molecular weight is 381 g/mol. The number of benzene rings is 1. The molecular formula is C11H11BrClN3O3S. The number of nitrogens with one attached hydrogen (secondary N) is 2. The first kappa shape index (κ1) is 15.1. The number of aromatic amines is 1. The maximum atomic E-state index is 12.4. The summed E-state index contributed by atoms with van der Waals surface area (Å²) in [7, 11) is -2.47. The molecule has 0 fully saturated rings. The molecule has 0 saturated carbocycles. The van der Waals surface area contributed by atoms with Gasteiger partial charge in [-0.2, -0.15) is 5.10 Å². The van der Waals surface area contributed by atoms with Gasteiger partial charge in [-0.15, -0.1) is 0 Å². The lowest BCUT2D eigenvalue weighted by molar-refractivity contribution is 0.400. The quantitative estimate of drug-likeness (QED) is 0.854. The Morgan fingerprint density at radius 2 is 2.15 bits per heavy atom. The Balaban J connectivity index is 2.52. The Kier molecular flexibility index (Phi) is 4.26. The number of hydrogen-bond acceptors (Lipinski definition) is 4. The highest BCUT2D eigenvalue weighted by molar-refractivity contribution is 9.10. The third-order valence-electron chi connectivity index (χ3n) is 2.53. The van der Waals surface area contributed by atoms with Crippen LogP contribution in [0.15, 0.2) is 27.7 Å². The zero-order chi connectivity index (χ0) is 14.9. The summed E-state index contributed by atoms with van der Waals surface area (Å²) in [6.45, 7) is 1.73. The van der Waals surface area contributed by atoms with Crippen LogP contribution in [0.25, 0.3) is 0 Å². The molecule has 2 aromatic rings. The molecular weight excluding hydrogens is 370 g/mol. The minimum atomic E-state index is -3.85. The van der Waals surface area contributed by atoms with E-state index in [2.05, 4.69) is 30.8 Å². The summed E-state index contributed by atoms with van der Waals surface area (Å²) in [6.07, 6.45) is 1.52. The Morgan fingerprint density at radius 1 is 1.45 bits per heavy atom. The van der Waals surface area contributed by atoms with Crippen molar-refractivity contribution in [3.8, 4) is 5.75 Å². The number of anilines is 1. The van der Waals surface area contributed by atoms with E-state index in [1.165, 1.54) is 19.4 Å². The summed E-state index contributed by atoms with van der Waals surface area (Å²) in [5, 5.41) is 6.61. The standard InChI is InChI=1S/C11H11BrClN3O3S/c1-6-5-14-15-11(6)16-20(17,18)9-4-7(13)3-8(12)10(9)19-2/h3-5H,1-2H3,(H2,14,15,16). The van der Waals surface area contributed by atoms with Crippen LogP contribution in [0.3, 0.4) is 0 Å². The number of methoxy groups -OCH3 is 1. The number of ether oxygens (including phenoxy) is 1. The van der Waals surface area contributed by atoms with Gasteiger partial charge in [-0.25, -0.2) is 8.42 Å². The Morgan fingerprint density at radius 3 is 2.70 bits per heavy atom. The van der Waals surface area contributed by atoms with Crippen molar-refractivity contribution in [2.45, 2.75) is 11.8 Å². The lowest BCUT2D eigenvalue weighted by Gasteiger charge is -2.13. The first-order valence-corrected chi connectivity index (χ1v) is 8.06. The predicted octanol–water partition coefficient (Wildman–Crippen LogP) is 2.94. The van der Waals surface area contributed by atoms with E-state index >= 15 is 0 Å². The number of sulfonamides is 1. The van der Waals surface area contributed by atoms with Crippen LogP contribution in [-0.4, -0.2) is 25.7 Å². The molecule has 1 heterocycles. The fourth-order valence-corrected chi connectivity index (χ4v) is 4.05. The molecule has 2 N–H and O–H groups in total. The second kappa shape index (κ2) is 5.63. The second-order valence-corrected chi connectivity index (χ2v) is 6.89. The maximum absolute atomic E-state index is 12.4. The van der Waals surface area contributed by atoms with Crippen molar-refractivity contribution in [3.05, 3.63) is 33.4 Å². The molecule has 9 heteroatoms. The average Bonchev–Trinajstić information content (AvgIpc) is 2.73. The number of rotatable bonds is 4. The van der Waals surface area contributed by atoms with Gasteiger partial charge in [0.05, 0.1) is 17.8 Å². The van der Waals surface area contributed by atoms with Crippen molar-refractivity contribution < 1.29 is 13.2 Å². The molecule has 1 aromatic heterocycles. The minimum Gasteiger partial charge on any atom is -0.494 e. The number of aryl methyl sites for hydroxylation is 1. The van der Waals surface area contributed by atoms with Crippen molar-refractivity contribution in [1.82, 2.24) is 10.2 Å². The molecule has 0 aliphatic heterocycles.